The minimum Gasteiger partial charge on any atom is -0.338 e. The molecule has 9 heteroatoms. The summed E-state index contributed by atoms with van der Waals surface area (Å²) in [4.78, 5) is 11.7. The van der Waals surface area contributed by atoms with Crippen LogP contribution in [0.5, 0.6) is 0 Å². The fourth-order valence-corrected chi connectivity index (χ4v) is 2.13. The number of hydrogen-bond donors (Lipinski definition) is 2. The van der Waals surface area contributed by atoms with Crippen LogP contribution in [0.15, 0.2) is 30.3 Å². The Hall–Kier alpha value is -2.35. The van der Waals surface area contributed by atoms with Crippen LogP contribution in [0, 0.1) is 5.92 Å². The van der Waals surface area contributed by atoms with E-state index in [4.69, 9.17) is 11.6 Å². The molecule has 1 amide bonds. The first-order chi connectivity index (χ1) is 11.6. The average Bonchev–Trinajstić information content (AvgIpc) is 2.49. The van der Waals surface area contributed by atoms with Crippen molar-refractivity contribution in [2.24, 2.45) is 5.92 Å². The Morgan fingerprint density at radius 3 is 2.36 bits per heavy atom. The van der Waals surface area contributed by atoms with E-state index >= 15 is 0 Å². The van der Waals surface area contributed by atoms with Crippen LogP contribution in [0.2, 0.25) is 5.02 Å². The van der Waals surface area contributed by atoms with E-state index in [1.54, 1.807) is 0 Å². The summed E-state index contributed by atoms with van der Waals surface area (Å²) in [6, 6.07) is 5.92. The van der Waals surface area contributed by atoms with Crippen LogP contribution >= 0.6 is 11.6 Å². The summed E-state index contributed by atoms with van der Waals surface area (Å²) in [7, 11) is 0. The van der Waals surface area contributed by atoms with Gasteiger partial charge in [-0.15, -0.1) is 10.2 Å². The Balaban J connectivity index is 2.10. The molecular weight excluding hydrogens is 357 g/mol. The molecule has 0 saturated carbocycles. The molecule has 0 aliphatic heterocycles. The van der Waals surface area contributed by atoms with Crippen molar-refractivity contribution in [1.82, 2.24) is 10.2 Å². The van der Waals surface area contributed by atoms with Gasteiger partial charge in [0, 0.05) is 6.42 Å². The van der Waals surface area contributed by atoms with Gasteiger partial charge in [0.25, 0.3) is 0 Å². The summed E-state index contributed by atoms with van der Waals surface area (Å²) >= 11 is 5.91. The van der Waals surface area contributed by atoms with Gasteiger partial charge in [-0.1, -0.05) is 25.4 Å². The van der Waals surface area contributed by atoms with Crippen LogP contribution in [0.25, 0.3) is 0 Å². The average molecular weight is 373 g/mol. The van der Waals surface area contributed by atoms with Crippen LogP contribution in [0.3, 0.4) is 0 Å². The summed E-state index contributed by atoms with van der Waals surface area (Å²) < 4.78 is 38.3. The third-order valence-electron chi connectivity index (χ3n) is 3.08. The summed E-state index contributed by atoms with van der Waals surface area (Å²) in [5, 5.41) is 13.0. The van der Waals surface area contributed by atoms with Gasteiger partial charge in [-0.25, -0.2) is 0 Å². The van der Waals surface area contributed by atoms with Crippen molar-refractivity contribution in [3.05, 3.63) is 40.9 Å². The zero-order chi connectivity index (χ0) is 18.6. The van der Waals surface area contributed by atoms with Gasteiger partial charge in [0.2, 0.25) is 5.91 Å². The molecule has 0 radical (unpaired) electrons. The van der Waals surface area contributed by atoms with Gasteiger partial charge in [-0.3, -0.25) is 4.79 Å². The Kier molecular flexibility index (Phi) is 5.84. The summed E-state index contributed by atoms with van der Waals surface area (Å²) in [6.45, 7) is 3.83. The van der Waals surface area contributed by atoms with Crippen LogP contribution in [-0.2, 0) is 11.0 Å². The quantitative estimate of drug-likeness (QED) is 0.785. The third kappa shape index (κ3) is 5.60. The molecule has 0 spiro atoms. The number of rotatable bonds is 5. The van der Waals surface area contributed by atoms with Crippen molar-refractivity contribution in [2.45, 2.75) is 26.4 Å². The van der Waals surface area contributed by atoms with Crippen molar-refractivity contribution in [1.29, 1.82) is 0 Å². The fourth-order valence-electron chi connectivity index (χ4n) is 1.97. The van der Waals surface area contributed by atoms with E-state index in [0.29, 0.717) is 6.42 Å². The molecule has 134 valence electrons. The van der Waals surface area contributed by atoms with E-state index in [1.807, 2.05) is 13.8 Å². The molecule has 1 aromatic heterocycles. The zero-order valence-corrected chi connectivity index (χ0v) is 14.2. The number of aromatic nitrogens is 2. The van der Waals surface area contributed by atoms with Crippen molar-refractivity contribution >= 4 is 34.8 Å². The molecule has 0 unspecified atom stereocenters. The molecule has 2 rings (SSSR count). The molecule has 25 heavy (non-hydrogen) atoms. The second kappa shape index (κ2) is 7.69. The summed E-state index contributed by atoms with van der Waals surface area (Å²) in [5.74, 6) is 0.470. The van der Waals surface area contributed by atoms with Crippen molar-refractivity contribution < 1.29 is 18.0 Å². The lowest BCUT2D eigenvalue weighted by Gasteiger charge is -2.12. The van der Waals surface area contributed by atoms with Crippen LogP contribution < -0.4 is 10.6 Å². The van der Waals surface area contributed by atoms with Gasteiger partial charge < -0.3 is 10.6 Å². The van der Waals surface area contributed by atoms with Crippen LogP contribution in [0.1, 0.15) is 25.8 Å². The van der Waals surface area contributed by atoms with Gasteiger partial charge >= 0.3 is 6.18 Å². The van der Waals surface area contributed by atoms with Gasteiger partial charge in [0.1, 0.15) is 0 Å². The summed E-state index contributed by atoms with van der Waals surface area (Å²) in [5.41, 5.74) is -0.771. The number of alkyl halides is 3. The van der Waals surface area contributed by atoms with Crippen LogP contribution in [-0.4, -0.2) is 16.1 Å². The lowest BCUT2D eigenvalue weighted by atomic mass is 10.1. The van der Waals surface area contributed by atoms with Crippen molar-refractivity contribution in [2.75, 3.05) is 10.6 Å². The smallest absolute Gasteiger partial charge is 0.338 e. The van der Waals surface area contributed by atoms with Gasteiger partial charge in [-0.2, -0.15) is 13.2 Å². The number of halogens is 4. The first kappa shape index (κ1) is 19.0. The summed E-state index contributed by atoms with van der Waals surface area (Å²) in [6.07, 6.45) is -4.13. The van der Waals surface area contributed by atoms with Gasteiger partial charge in [-0.05, 0) is 36.2 Å². The number of hydrogen-bond acceptors (Lipinski definition) is 4. The number of carbonyl (C=O) groups is 1. The molecular formula is C16H16ClF3N4O. The van der Waals surface area contributed by atoms with E-state index in [9.17, 15) is 18.0 Å². The maximum Gasteiger partial charge on any atom is 0.416 e. The SMILES string of the molecule is CC(C)CC(=O)Nc1ccc(Nc2cc(C(F)(F)F)ccc2Cl)nn1. The van der Waals surface area contributed by atoms with Gasteiger partial charge in [0.15, 0.2) is 11.6 Å². The molecule has 0 aliphatic carbocycles. The minimum atomic E-state index is -4.47. The van der Waals surface area contributed by atoms with Crippen LogP contribution in [0.4, 0.5) is 30.5 Å². The second-order valence-electron chi connectivity index (χ2n) is 5.77. The highest BCUT2D eigenvalue weighted by molar-refractivity contribution is 6.33. The maximum atomic E-state index is 12.8. The first-order valence-electron chi connectivity index (χ1n) is 7.42. The van der Waals surface area contributed by atoms with E-state index in [1.165, 1.54) is 12.1 Å². The van der Waals surface area contributed by atoms with E-state index < -0.39 is 11.7 Å². The standard InChI is InChI=1S/C16H16ClF3N4O/c1-9(2)7-15(25)22-14-6-5-13(23-24-14)21-12-8-10(16(18,19)20)3-4-11(12)17/h3-6,8-9H,7H2,1-2H3,(H,21,23)(H,22,24,25). The first-order valence-corrected chi connectivity index (χ1v) is 7.80. The molecule has 5 nitrogen and oxygen atoms in total. The highest BCUT2D eigenvalue weighted by atomic mass is 35.5. The Labute approximate surface area is 147 Å². The molecule has 0 atom stereocenters. The third-order valence-corrected chi connectivity index (χ3v) is 3.41. The molecule has 0 aliphatic rings. The predicted octanol–water partition coefficient (Wildman–Crippen LogP) is 4.88. The van der Waals surface area contributed by atoms with E-state index in [2.05, 4.69) is 20.8 Å². The Bertz CT molecular complexity index is 748. The number of benzene rings is 1. The van der Waals surface area contributed by atoms with Gasteiger partial charge in [0.05, 0.1) is 16.3 Å². The molecule has 0 bridgehead atoms. The number of amides is 1. The number of anilines is 3. The molecule has 1 aromatic carbocycles. The molecule has 1 heterocycles. The zero-order valence-electron chi connectivity index (χ0n) is 13.5. The number of carbonyl (C=O) groups excluding carboxylic acids is 1. The highest BCUT2D eigenvalue weighted by Crippen LogP contribution is 2.34. The molecule has 2 aromatic rings. The predicted molar refractivity (Wildman–Crippen MR) is 89.9 cm³/mol. The lowest BCUT2D eigenvalue weighted by Crippen LogP contribution is -2.15. The maximum absolute atomic E-state index is 12.8. The monoisotopic (exact) mass is 372 g/mol. The second-order valence-corrected chi connectivity index (χ2v) is 6.17. The lowest BCUT2D eigenvalue weighted by molar-refractivity contribution is -0.137. The van der Waals surface area contributed by atoms with E-state index in [-0.39, 0.29) is 34.2 Å². The largest absolute Gasteiger partial charge is 0.416 e. The minimum absolute atomic E-state index is 0.0578. The highest BCUT2D eigenvalue weighted by Gasteiger charge is 2.31. The molecule has 2 N–H and O–H groups in total. The molecule has 0 fully saturated rings. The number of nitrogens with one attached hydrogen (secondary N) is 2. The Morgan fingerprint density at radius 1 is 1.16 bits per heavy atom. The van der Waals surface area contributed by atoms with Crippen molar-refractivity contribution in [3.8, 4) is 0 Å². The Morgan fingerprint density at radius 2 is 1.80 bits per heavy atom. The normalized spacial score (nSPS) is 11.5. The van der Waals surface area contributed by atoms with E-state index in [0.717, 1.165) is 18.2 Å². The fraction of sp³-hybridized carbons (Fsp3) is 0.312. The molecule has 0 saturated heterocycles. The topological polar surface area (TPSA) is 66.9 Å². The van der Waals surface area contributed by atoms with Crippen molar-refractivity contribution in [3.63, 3.8) is 0 Å². The number of nitrogens with zero attached hydrogens (tertiary/aromatic N) is 2.